The Labute approximate surface area is 120 Å². The average Bonchev–Trinajstić information content (AvgIpc) is 3.08. The predicted molar refractivity (Wildman–Crippen MR) is 79.9 cm³/mol. The molecule has 0 aliphatic carbocycles. The molecule has 1 atom stereocenters. The lowest BCUT2D eigenvalue weighted by molar-refractivity contribution is 0.117. The number of aliphatic imine (C=N–C) groups is 1. The van der Waals surface area contributed by atoms with Crippen LogP contribution in [0.4, 0.5) is 0 Å². The molecule has 20 heavy (non-hydrogen) atoms. The summed E-state index contributed by atoms with van der Waals surface area (Å²) in [6.45, 7) is 8.22. The van der Waals surface area contributed by atoms with Crippen LogP contribution in [0.5, 0.6) is 0 Å². The van der Waals surface area contributed by atoms with Gasteiger partial charge in [0.05, 0.1) is 25.4 Å². The molecule has 1 unspecified atom stereocenters. The quantitative estimate of drug-likeness (QED) is 0.600. The van der Waals surface area contributed by atoms with Gasteiger partial charge in [-0.2, -0.15) is 5.10 Å². The summed E-state index contributed by atoms with van der Waals surface area (Å²) in [5.74, 6) is 0.854. The first kappa shape index (κ1) is 14.8. The van der Waals surface area contributed by atoms with E-state index in [1.165, 1.54) is 5.56 Å². The number of nitrogens with one attached hydrogen (secondary N) is 2. The van der Waals surface area contributed by atoms with Crippen molar-refractivity contribution >= 4 is 5.96 Å². The van der Waals surface area contributed by atoms with E-state index in [9.17, 15) is 0 Å². The topological polar surface area (TPSA) is 63.5 Å². The first-order valence-corrected chi connectivity index (χ1v) is 7.40. The largest absolute Gasteiger partial charge is 0.376 e. The van der Waals surface area contributed by atoms with Crippen LogP contribution in [0.1, 0.15) is 25.3 Å². The van der Waals surface area contributed by atoms with Gasteiger partial charge in [0.1, 0.15) is 0 Å². The van der Waals surface area contributed by atoms with Crippen molar-refractivity contribution in [3.8, 4) is 0 Å². The van der Waals surface area contributed by atoms with Gasteiger partial charge in [0.2, 0.25) is 0 Å². The maximum absolute atomic E-state index is 5.58. The summed E-state index contributed by atoms with van der Waals surface area (Å²) in [5, 5.41) is 10.8. The standard InChI is InChI=1S/C14H25N5O/c1-3-15-14(17-10-13-5-4-8-20-13)16-6-7-19-11-12(2)9-18-19/h9,11,13H,3-8,10H2,1-2H3,(H2,15,16,17). The molecule has 0 amide bonds. The number of hydrogen-bond acceptors (Lipinski definition) is 3. The molecule has 1 fully saturated rings. The van der Waals surface area contributed by atoms with Crippen LogP contribution >= 0.6 is 0 Å². The normalized spacial score (nSPS) is 19.3. The molecule has 1 saturated heterocycles. The van der Waals surface area contributed by atoms with Gasteiger partial charge in [-0.1, -0.05) is 0 Å². The molecule has 0 spiro atoms. The second-order valence-electron chi connectivity index (χ2n) is 5.06. The molecule has 1 aromatic rings. The smallest absolute Gasteiger partial charge is 0.191 e. The first-order valence-electron chi connectivity index (χ1n) is 7.40. The summed E-state index contributed by atoms with van der Waals surface area (Å²) in [7, 11) is 0. The zero-order chi connectivity index (χ0) is 14.2. The highest BCUT2D eigenvalue weighted by Crippen LogP contribution is 2.11. The molecule has 0 bridgehead atoms. The average molecular weight is 279 g/mol. The van der Waals surface area contributed by atoms with Gasteiger partial charge in [-0.15, -0.1) is 0 Å². The van der Waals surface area contributed by atoms with Crippen LogP contribution in [0.15, 0.2) is 17.4 Å². The lowest BCUT2D eigenvalue weighted by Gasteiger charge is -2.12. The van der Waals surface area contributed by atoms with Gasteiger partial charge in [-0.05, 0) is 32.3 Å². The first-order chi connectivity index (χ1) is 9.78. The summed E-state index contributed by atoms with van der Waals surface area (Å²) in [5.41, 5.74) is 1.18. The number of guanidine groups is 1. The fourth-order valence-electron chi connectivity index (χ4n) is 2.20. The minimum atomic E-state index is 0.291. The van der Waals surface area contributed by atoms with Crippen molar-refractivity contribution in [1.29, 1.82) is 0 Å². The molecule has 2 rings (SSSR count). The number of hydrogen-bond donors (Lipinski definition) is 2. The SMILES string of the molecule is CCNC(=NCC1CCCO1)NCCn1cc(C)cn1. The Bertz CT molecular complexity index is 423. The minimum absolute atomic E-state index is 0.291. The van der Waals surface area contributed by atoms with E-state index in [2.05, 4.69) is 27.6 Å². The molecular formula is C14H25N5O. The fourth-order valence-corrected chi connectivity index (χ4v) is 2.20. The molecule has 6 heteroatoms. The summed E-state index contributed by atoms with van der Waals surface area (Å²) < 4.78 is 7.52. The van der Waals surface area contributed by atoms with E-state index in [0.29, 0.717) is 6.10 Å². The highest BCUT2D eigenvalue weighted by molar-refractivity contribution is 5.79. The van der Waals surface area contributed by atoms with Crippen LogP contribution in [-0.2, 0) is 11.3 Å². The number of aromatic nitrogens is 2. The van der Waals surface area contributed by atoms with Crippen molar-refractivity contribution in [2.45, 2.75) is 39.3 Å². The lowest BCUT2D eigenvalue weighted by atomic mass is 10.2. The summed E-state index contributed by atoms with van der Waals surface area (Å²) in [6.07, 6.45) is 6.48. The molecular weight excluding hydrogens is 254 g/mol. The Morgan fingerprint density at radius 3 is 3.10 bits per heavy atom. The Morgan fingerprint density at radius 2 is 2.45 bits per heavy atom. The molecule has 0 saturated carbocycles. The highest BCUT2D eigenvalue weighted by atomic mass is 16.5. The van der Waals surface area contributed by atoms with Gasteiger partial charge in [-0.25, -0.2) is 0 Å². The number of nitrogens with zero attached hydrogens (tertiary/aromatic N) is 3. The van der Waals surface area contributed by atoms with Crippen LogP contribution in [-0.4, -0.2) is 48.1 Å². The van der Waals surface area contributed by atoms with E-state index < -0.39 is 0 Å². The van der Waals surface area contributed by atoms with Crippen LogP contribution in [0.3, 0.4) is 0 Å². The van der Waals surface area contributed by atoms with Crippen molar-refractivity contribution in [2.75, 3.05) is 26.2 Å². The molecule has 112 valence electrons. The van der Waals surface area contributed by atoms with E-state index in [1.54, 1.807) is 0 Å². The number of ether oxygens (including phenoxy) is 1. The van der Waals surface area contributed by atoms with Crippen LogP contribution in [0.25, 0.3) is 0 Å². The molecule has 2 heterocycles. The number of rotatable bonds is 6. The molecule has 6 nitrogen and oxygen atoms in total. The summed E-state index contributed by atoms with van der Waals surface area (Å²) in [6, 6.07) is 0. The Hall–Kier alpha value is -1.56. The van der Waals surface area contributed by atoms with Gasteiger partial charge < -0.3 is 15.4 Å². The summed E-state index contributed by atoms with van der Waals surface area (Å²) in [4.78, 5) is 4.57. The Morgan fingerprint density at radius 1 is 1.55 bits per heavy atom. The Balaban J connectivity index is 1.74. The molecule has 2 N–H and O–H groups in total. The number of aryl methyl sites for hydroxylation is 1. The van der Waals surface area contributed by atoms with Crippen LogP contribution < -0.4 is 10.6 Å². The maximum atomic E-state index is 5.58. The van der Waals surface area contributed by atoms with E-state index >= 15 is 0 Å². The zero-order valence-electron chi connectivity index (χ0n) is 12.4. The fraction of sp³-hybridized carbons (Fsp3) is 0.714. The highest BCUT2D eigenvalue weighted by Gasteiger charge is 2.14. The third-order valence-corrected chi connectivity index (χ3v) is 3.22. The van der Waals surface area contributed by atoms with Crippen molar-refractivity contribution in [2.24, 2.45) is 4.99 Å². The van der Waals surface area contributed by atoms with Crippen molar-refractivity contribution < 1.29 is 4.74 Å². The third-order valence-electron chi connectivity index (χ3n) is 3.22. The van der Waals surface area contributed by atoms with Crippen molar-refractivity contribution in [3.63, 3.8) is 0 Å². The molecule has 0 radical (unpaired) electrons. The van der Waals surface area contributed by atoms with Gasteiger partial charge in [0.25, 0.3) is 0 Å². The van der Waals surface area contributed by atoms with Crippen molar-refractivity contribution in [3.05, 3.63) is 18.0 Å². The predicted octanol–water partition coefficient (Wildman–Crippen LogP) is 0.926. The third kappa shape index (κ3) is 4.85. The maximum Gasteiger partial charge on any atom is 0.191 e. The molecule has 1 aliphatic heterocycles. The van der Waals surface area contributed by atoms with Crippen molar-refractivity contribution in [1.82, 2.24) is 20.4 Å². The second kappa shape index (κ2) is 7.89. The molecule has 1 aliphatic rings. The van der Waals surface area contributed by atoms with Gasteiger partial charge >= 0.3 is 0 Å². The Kier molecular flexibility index (Phi) is 5.86. The van der Waals surface area contributed by atoms with E-state index in [0.717, 1.165) is 51.6 Å². The summed E-state index contributed by atoms with van der Waals surface area (Å²) >= 11 is 0. The second-order valence-corrected chi connectivity index (χ2v) is 5.06. The monoisotopic (exact) mass is 279 g/mol. The van der Waals surface area contributed by atoms with E-state index in [-0.39, 0.29) is 0 Å². The zero-order valence-corrected chi connectivity index (χ0v) is 12.4. The molecule has 1 aromatic heterocycles. The lowest BCUT2D eigenvalue weighted by Crippen LogP contribution is -2.39. The minimum Gasteiger partial charge on any atom is -0.376 e. The molecule has 0 aromatic carbocycles. The van der Waals surface area contributed by atoms with E-state index in [1.807, 2.05) is 24.0 Å². The van der Waals surface area contributed by atoms with Crippen LogP contribution in [0.2, 0.25) is 0 Å². The van der Waals surface area contributed by atoms with Gasteiger partial charge in [0, 0.05) is 25.9 Å². The van der Waals surface area contributed by atoms with E-state index in [4.69, 9.17) is 4.74 Å². The van der Waals surface area contributed by atoms with Gasteiger partial charge in [0.15, 0.2) is 5.96 Å². The van der Waals surface area contributed by atoms with Crippen LogP contribution in [0, 0.1) is 6.92 Å². The van der Waals surface area contributed by atoms with Gasteiger partial charge in [-0.3, -0.25) is 9.67 Å².